The van der Waals surface area contributed by atoms with E-state index in [1.54, 1.807) is 44.2 Å². The number of aliphatic carboxylic acids is 1. The van der Waals surface area contributed by atoms with Gasteiger partial charge in [0.15, 0.2) is 12.0 Å². The Labute approximate surface area is 437 Å². The Morgan fingerprint density at radius 2 is 1.00 bits per heavy atom. The monoisotopic (exact) mass is 1060 g/mol. The molecule has 0 unspecified atom stereocenters. The number of nitrogens with one attached hydrogen (secondary N) is 9. The Bertz CT molecular complexity index is 2200. The second kappa shape index (κ2) is 32.2. The number of hydrogen-bond donors (Lipinski definition) is 15. The van der Waals surface area contributed by atoms with Gasteiger partial charge in [0, 0.05) is 31.3 Å². The van der Waals surface area contributed by atoms with E-state index in [0.29, 0.717) is 11.3 Å². The zero-order valence-electron chi connectivity index (χ0n) is 44.1. The van der Waals surface area contributed by atoms with Gasteiger partial charge in [0.2, 0.25) is 47.3 Å². The minimum absolute atomic E-state index is 0.00348. The molecule has 1 aromatic heterocycles. The lowest BCUT2D eigenvalue weighted by atomic mass is 9.98. The first-order chi connectivity index (χ1) is 35.2. The van der Waals surface area contributed by atoms with Crippen molar-refractivity contribution >= 4 is 59.2 Å². The number of rotatable bonds is 33. The summed E-state index contributed by atoms with van der Waals surface area (Å²) in [6, 6.07) is -2.60. The number of aromatic nitrogens is 2. The van der Waals surface area contributed by atoms with Crippen LogP contribution in [0.3, 0.4) is 0 Å². The molecule has 26 heteroatoms. The normalized spacial score (nSPS) is 15.3. The van der Waals surface area contributed by atoms with Gasteiger partial charge in [-0.25, -0.2) is 9.78 Å². The van der Waals surface area contributed by atoms with E-state index in [2.05, 4.69) is 57.5 Å². The molecular weight excluding hydrogens is 977 g/mol. The maximum Gasteiger partial charge on any atom is 0.328 e. The predicted octanol–water partition coefficient (Wildman–Crippen LogP) is -2.93. The lowest BCUT2D eigenvalue weighted by molar-refractivity contribution is -0.145. The summed E-state index contributed by atoms with van der Waals surface area (Å²) >= 11 is 0. The molecule has 0 saturated heterocycles. The molecule has 0 saturated carbocycles. The number of nitrogens with two attached hydrogens (primary N) is 3. The molecule has 0 aliphatic heterocycles. The first-order valence-electron chi connectivity index (χ1n) is 25.0. The first kappa shape index (κ1) is 63.9. The summed E-state index contributed by atoms with van der Waals surface area (Å²) in [5.74, 6) is -8.79. The van der Waals surface area contributed by atoms with Gasteiger partial charge in [-0.15, -0.1) is 0 Å². The summed E-state index contributed by atoms with van der Waals surface area (Å²) in [6.45, 7) is 13.0. The second-order valence-electron chi connectivity index (χ2n) is 19.7. The highest BCUT2D eigenvalue weighted by Crippen LogP contribution is 2.13. The third-order valence-corrected chi connectivity index (χ3v) is 11.4. The van der Waals surface area contributed by atoms with Crippen molar-refractivity contribution in [3.63, 3.8) is 0 Å². The molecule has 1 aromatic carbocycles. The largest absolute Gasteiger partial charge is 0.480 e. The first-order valence-corrected chi connectivity index (χ1v) is 25.0. The molecule has 0 radical (unpaired) electrons. The molecule has 10 atom stereocenters. The van der Waals surface area contributed by atoms with Crippen LogP contribution in [0.5, 0.6) is 0 Å². The maximum atomic E-state index is 14.5. The number of carboxylic acid groups (broad SMARTS) is 1. The van der Waals surface area contributed by atoms with Gasteiger partial charge < -0.3 is 80.0 Å². The van der Waals surface area contributed by atoms with Gasteiger partial charge in [0.1, 0.15) is 42.3 Å². The molecule has 26 nitrogen and oxygen atoms in total. The lowest BCUT2D eigenvalue weighted by Crippen LogP contribution is -2.62. The third kappa shape index (κ3) is 23.7. The number of guanidine groups is 1. The average molecular weight is 1060 g/mol. The highest BCUT2D eigenvalue weighted by Gasteiger charge is 2.37. The summed E-state index contributed by atoms with van der Waals surface area (Å²) in [6.07, 6.45) is -0.386. The van der Waals surface area contributed by atoms with Crippen LogP contribution in [0.4, 0.5) is 0 Å². The van der Waals surface area contributed by atoms with Gasteiger partial charge in [0.25, 0.3) is 0 Å². The Kier molecular flexibility index (Phi) is 27.4. The summed E-state index contributed by atoms with van der Waals surface area (Å²) in [7, 11) is 0. The van der Waals surface area contributed by atoms with Crippen LogP contribution >= 0.6 is 0 Å². The minimum Gasteiger partial charge on any atom is -0.480 e. The average Bonchev–Trinajstić information content (AvgIpc) is 3.84. The fourth-order valence-corrected chi connectivity index (χ4v) is 7.67. The topological polar surface area (TPSA) is 430 Å². The Morgan fingerprint density at radius 1 is 0.573 bits per heavy atom. The van der Waals surface area contributed by atoms with Crippen molar-refractivity contribution in [3.05, 3.63) is 54.1 Å². The van der Waals surface area contributed by atoms with E-state index < -0.39 is 114 Å². The van der Waals surface area contributed by atoms with E-state index in [1.807, 2.05) is 27.7 Å². The molecular formula is C49H80N14O12. The lowest BCUT2D eigenvalue weighted by Gasteiger charge is -2.29. The molecule has 0 bridgehead atoms. The van der Waals surface area contributed by atoms with Crippen LogP contribution in [0.1, 0.15) is 98.8 Å². The molecule has 0 fully saturated rings. The van der Waals surface area contributed by atoms with Crippen LogP contribution in [0.25, 0.3) is 0 Å². The zero-order valence-corrected chi connectivity index (χ0v) is 44.1. The van der Waals surface area contributed by atoms with E-state index in [4.69, 9.17) is 17.2 Å². The van der Waals surface area contributed by atoms with Crippen molar-refractivity contribution < 1.29 is 58.5 Å². The minimum atomic E-state index is -1.78. The van der Waals surface area contributed by atoms with Crippen molar-refractivity contribution in [2.45, 2.75) is 161 Å². The van der Waals surface area contributed by atoms with Crippen LogP contribution in [0.15, 0.2) is 47.8 Å². The standard InChI is InChI=1S/C49H80N14O12/c1-25(2)17-33(56-38(66)22-50)42(68)58-34(18-26(3)4)43(69)60-36(20-30-13-10-9-11-14-30)45(71)59-35(19-27(5)6)44(70)61-37(21-31-23-53-24-55-31)46(72)62-39(28(7)64)47(73)57-32(15-12-16-54-49(51)52)41(67)63-40(29(8)65)48(74)75/h9-11,13-14,23-29,32-37,39-40,64-65H,12,15-22,50H2,1-8H3,(H,53,55)(H,56,66)(H,57,73)(H,58,68)(H,59,71)(H,60,69)(H,61,70)(H,62,72)(H,63,67)(H,74,75)(H4,51,52,54)/t28-,29-,32+,33+,34+,35+,36+,37+,39+,40+/m1/s1. The molecule has 0 spiro atoms. The van der Waals surface area contributed by atoms with Crippen LogP contribution in [-0.2, 0) is 56.0 Å². The number of aliphatic hydroxyl groups is 2. The number of aromatic amines is 1. The van der Waals surface area contributed by atoms with Gasteiger partial charge in [-0.2, -0.15) is 0 Å². The number of nitrogens with zero attached hydrogens (tertiary/aromatic N) is 2. The molecule has 75 heavy (non-hydrogen) atoms. The summed E-state index contributed by atoms with van der Waals surface area (Å²) < 4.78 is 0. The Hall–Kier alpha value is -7.19. The van der Waals surface area contributed by atoms with Crippen molar-refractivity contribution in [3.8, 4) is 0 Å². The number of aliphatic hydroxyl groups excluding tert-OH is 2. The van der Waals surface area contributed by atoms with Crippen LogP contribution in [0, 0.1) is 17.8 Å². The van der Waals surface area contributed by atoms with Crippen LogP contribution in [-0.4, -0.2) is 158 Å². The fraction of sp³-hybridized carbons (Fsp3) is 0.612. The van der Waals surface area contributed by atoms with Crippen molar-refractivity contribution in [1.82, 2.24) is 52.5 Å². The number of carbonyl (C=O) groups is 9. The number of amides is 8. The predicted molar refractivity (Wildman–Crippen MR) is 276 cm³/mol. The molecule has 18 N–H and O–H groups in total. The number of H-pyrrole nitrogens is 1. The van der Waals surface area contributed by atoms with E-state index in [-0.39, 0.29) is 81.7 Å². The van der Waals surface area contributed by atoms with Gasteiger partial charge in [0.05, 0.1) is 25.1 Å². The van der Waals surface area contributed by atoms with Gasteiger partial charge in [-0.1, -0.05) is 71.9 Å². The highest BCUT2D eigenvalue weighted by atomic mass is 16.4. The van der Waals surface area contributed by atoms with E-state index in [9.17, 15) is 58.5 Å². The number of imidazole rings is 1. The highest BCUT2D eigenvalue weighted by molar-refractivity contribution is 5.98. The maximum absolute atomic E-state index is 14.5. The van der Waals surface area contributed by atoms with Crippen LogP contribution < -0.4 is 59.7 Å². The fourth-order valence-electron chi connectivity index (χ4n) is 7.67. The summed E-state index contributed by atoms with van der Waals surface area (Å²) in [5.41, 5.74) is 17.3. The summed E-state index contributed by atoms with van der Waals surface area (Å²) in [5, 5.41) is 50.9. The molecule has 0 aliphatic rings. The van der Waals surface area contributed by atoms with Crippen molar-refractivity contribution in [2.75, 3.05) is 13.1 Å². The van der Waals surface area contributed by atoms with Crippen molar-refractivity contribution in [2.24, 2.45) is 39.9 Å². The Balaban J connectivity index is 2.50. The van der Waals surface area contributed by atoms with E-state index in [1.165, 1.54) is 19.4 Å². The van der Waals surface area contributed by atoms with E-state index >= 15 is 0 Å². The SMILES string of the molecule is CC(C)C[C@H](NC(=O)CN)C(=O)N[C@@H](CC(C)C)C(=O)N[C@@H](Cc1ccccc1)C(=O)N[C@@H](CC(C)C)C(=O)N[C@@H](Cc1cnc[nH]1)C(=O)N[C@H](C(=O)N[C@@H](CCCN=C(N)N)C(=O)N[C@H](C(=O)O)[C@@H](C)O)[C@@H](C)O. The smallest absolute Gasteiger partial charge is 0.328 e. The van der Waals surface area contributed by atoms with Gasteiger partial charge in [-0.05, 0) is 69.3 Å². The number of hydrogen-bond acceptors (Lipinski definition) is 14. The molecule has 418 valence electrons. The van der Waals surface area contributed by atoms with Crippen LogP contribution in [0.2, 0.25) is 0 Å². The van der Waals surface area contributed by atoms with Gasteiger partial charge in [-0.3, -0.25) is 43.3 Å². The number of benzene rings is 1. The molecule has 0 aliphatic carbocycles. The third-order valence-electron chi connectivity index (χ3n) is 11.4. The Morgan fingerprint density at radius 3 is 1.44 bits per heavy atom. The molecule has 8 amide bonds. The molecule has 1 heterocycles. The number of carbonyl (C=O) groups excluding carboxylic acids is 8. The summed E-state index contributed by atoms with van der Waals surface area (Å²) in [4.78, 5) is 133. The number of aliphatic imine (C=N–C) groups is 1. The number of carboxylic acids is 1. The quantitative estimate of drug-likeness (QED) is 0.0193. The molecule has 2 aromatic rings. The second-order valence-corrected chi connectivity index (χ2v) is 19.7. The van der Waals surface area contributed by atoms with E-state index in [0.717, 1.165) is 6.92 Å². The zero-order chi connectivity index (χ0) is 56.5. The van der Waals surface area contributed by atoms with Crippen molar-refractivity contribution in [1.29, 1.82) is 0 Å². The van der Waals surface area contributed by atoms with Gasteiger partial charge >= 0.3 is 5.97 Å². The molecule has 2 rings (SSSR count).